The van der Waals surface area contributed by atoms with Gasteiger partial charge in [0.05, 0.1) is 24.1 Å². The summed E-state index contributed by atoms with van der Waals surface area (Å²) < 4.78 is 5.75. The van der Waals surface area contributed by atoms with Crippen molar-refractivity contribution >= 4 is 0 Å². The Morgan fingerprint density at radius 1 is 1.20 bits per heavy atom. The minimum atomic E-state index is 0.178. The van der Waals surface area contributed by atoms with Crippen LogP contribution in [0.2, 0.25) is 0 Å². The average molecular weight is 269 g/mol. The summed E-state index contributed by atoms with van der Waals surface area (Å²) in [6, 6.07) is 8.59. The van der Waals surface area contributed by atoms with E-state index in [1.165, 1.54) is 11.1 Å². The molecule has 1 aromatic carbocycles. The van der Waals surface area contributed by atoms with Crippen molar-refractivity contribution in [3.8, 4) is 0 Å². The molecule has 1 atom stereocenters. The van der Waals surface area contributed by atoms with Gasteiger partial charge in [0.25, 0.3) is 0 Å². The summed E-state index contributed by atoms with van der Waals surface area (Å²) >= 11 is 0. The molecule has 1 aliphatic rings. The number of hydrogen-bond donors (Lipinski definition) is 1. The molecule has 20 heavy (non-hydrogen) atoms. The fourth-order valence-corrected chi connectivity index (χ4v) is 2.35. The minimum Gasteiger partial charge on any atom is -0.371 e. The van der Waals surface area contributed by atoms with E-state index in [9.17, 15) is 0 Å². The first-order chi connectivity index (χ1) is 9.81. The quantitative estimate of drug-likeness (QED) is 0.926. The van der Waals surface area contributed by atoms with Gasteiger partial charge in [-0.15, -0.1) is 0 Å². The molecular weight excluding hydrogens is 250 g/mol. The standard InChI is InChI=1S/C16H19N3O/c1-12-9-19-15(10-18-12)8-13-2-4-14(5-3-13)16-11-17-6-7-20-16/h2-5,9-10,16-17H,6-8,11H2,1H3/t16-/m0/s1. The van der Waals surface area contributed by atoms with E-state index in [1.54, 1.807) is 0 Å². The van der Waals surface area contributed by atoms with Gasteiger partial charge in [0.2, 0.25) is 0 Å². The predicted molar refractivity (Wildman–Crippen MR) is 77.6 cm³/mol. The summed E-state index contributed by atoms with van der Waals surface area (Å²) in [6.07, 6.45) is 4.65. The molecule has 2 heterocycles. The van der Waals surface area contributed by atoms with Crippen LogP contribution in [0, 0.1) is 6.92 Å². The van der Waals surface area contributed by atoms with Crippen molar-refractivity contribution in [2.75, 3.05) is 19.7 Å². The van der Waals surface area contributed by atoms with Crippen LogP contribution in [0.5, 0.6) is 0 Å². The van der Waals surface area contributed by atoms with E-state index in [0.717, 1.165) is 37.5 Å². The molecule has 1 fully saturated rings. The van der Waals surface area contributed by atoms with Gasteiger partial charge in [-0.3, -0.25) is 9.97 Å². The molecule has 1 saturated heterocycles. The minimum absolute atomic E-state index is 0.178. The fraction of sp³-hybridized carbons (Fsp3) is 0.375. The zero-order chi connectivity index (χ0) is 13.8. The number of nitrogens with one attached hydrogen (secondary N) is 1. The molecule has 4 heteroatoms. The van der Waals surface area contributed by atoms with Crippen LogP contribution in [-0.2, 0) is 11.2 Å². The van der Waals surface area contributed by atoms with Crippen molar-refractivity contribution in [2.24, 2.45) is 0 Å². The van der Waals surface area contributed by atoms with Crippen LogP contribution in [0.1, 0.15) is 28.6 Å². The van der Waals surface area contributed by atoms with Gasteiger partial charge in [-0.2, -0.15) is 0 Å². The molecule has 104 valence electrons. The van der Waals surface area contributed by atoms with Gasteiger partial charge in [-0.1, -0.05) is 24.3 Å². The normalized spacial score (nSPS) is 18.9. The van der Waals surface area contributed by atoms with E-state index in [1.807, 2.05) is 19.3 Å². The van der Waals surface area contributed by atoms with E-state index in [4.69, 9.17) is 4.74 Å². The van der Waals surface area contributed by atoms with Crippen LogP contribution < -0.4 is 5.32 Å². The zero-order valence-corrected chi connectivity index (χ0v) is 11.7. The lowest BCUT2D eigenvalue weighted by molar-refractivity contribution is 0.0277. The van der Waals surface area contributed by atoms with E-state index >= 15 is 0 Å². The Balaban J connectivity index is 1.67. The Bertz CT molecular complexity index is 545. The number of aromatic nitrogens is 2. The zero-order valence-electron chi connectivity index (χ0n) is 11.7. The number of morpholine rings is 1. The second-order valence-corrected chi connectivity index (χ2v) is 5.13. The van der Waals surface area contributed by atoms with Gasteiger partial charge in [-0.25, -0.2) is 0 Å². The molecule has 2 aromatic rings. The molecule has 4 nitrogen and oxygen atoms in total. The lowest BCUT2D eigenvalue weighted by Gasteiger charge is -2.24. The lowest BCUT2D eigenvalue weighted by Crippen LogP contribution is -2.33. The highest BCUT2D eigenvalue weighted by atomic mass is 16.5. The summed E-state index contributed by atoms with van der Waals surface area (Å²) in [5, 5.41) is 3.35. The first kappa shape index (κ1) is 13.2. The number of benzene rings is 1. The maximum atomic E-state index is 5.75. The van der Waals surface area contributed by atoms with Crippen molar-refractivity contribution in [1.29, 1.82) is 0 Å². The van der Waals surface area contributed by atoms with Crippen molar-refractivity contribution in [3.05, 3.63) is 59.2 Å². The topological polar surface area (TPSA) is 47.0 Å². The Morgan fingerprint density at radius 2 is 2.05 bits per heavy atom. The van der Waals surface area contributed by atoms with Crippen LogP contribution in [0.3, 0.4) is 0 Å². The van der Waals surface area contributed by atoms with Gasteiger partial charge in [0.15, 0.2) is 0 Å². The smallest absolute Gasteiger partial charge is 0.0949 e. The van der Waals surface area contributed by atoms with Gasteiger partial charge in [0.1, 0.15) is 0 Å². The fourth-order valence-electron chi connectivity index (χ4n) is 2.35. The van der Waals surface area contributed by atoms with Crippen LogP contribution >= 0.6 is 0 Å². The summed E-state index contributed by atoms with van der Waals surface area (Å²) in [5.41, 5.74) is 4.43. The van der Waals surface area contributed by atoms with Crippen LogP contribution in [0.4, 0.5) is 0 Å². The summed E-state index contributed by atoms with van der Waals surface area (Å²) in [4.78, 5) is 8.66. The molecule has 0 spiro atoms. The van der Waals surface area contributed by atoms with Gasteiger partial charge in [-0.05, 0) is 18.1 Å². The first-order valence-electron chi connectivity index (χ1n) is 7.00. The number of rotatable bonds is 3. The summed E-state index contributed by atoms with van der Waals surface area (Å²) in [6.45, 7) is 4.57. The van der Waals surface area contributed by atoms with Gasteiger partial charge < -0.3 is 10.1 Å². The summed E-state index contributed by atoms with van der Waals surface area (Å²) in [5.74, 6) is 0. The third kappa shape index (κ3) is 3.21. The maximum Gasteiger partial charge on any atom is 0.0949 e. The highest BCUT2D eigenvalue weighted by Crippen LogP contribution is 2.19. The lowest BCUT2D eigenvalue weighted by atomic mass is 10.0. The second-order valence-electron chi connectivity index (χ2n) is 5.13. The first-order valence-corrected chi connectivity index (χ1v) is 7.00. The van der Waals surface area contributed by atoms with Crippen LogP contribution in [0.25, 0.3) is 0 Å². The number of hydrogen-bond acceptors (Lipinski definition) is 4. The Hall–Kier alpha value is -1.78. The highest BCUT2D eigenvalue weighted by molar-refractivity contribution is 5.27. The molecule has 1 N–H and O–H groups in total. The van der Waals surface area contributed by atoms with Gasteiger partial charge >= 0.3 is 0 Å². The Kier molecular flexibility index (Phi) is 4.04. The predicted octanol–water partition coefficient (Wildman–Crippen LogP) is 2.04. The van der Waals surface area contributed by atoms with E-state index in [0.29, 0.717) is 0 Å². The van der Waals surface area contributed by atoms with Crippen LogP contribution in [-0.4, -0.2) is 29.7 Å². The molecule has 1 aromatic heterocycles. The molecule has 1 aliphatic heterocycles. The highest BCUT2D eigenvalue weighted by Gasteiger charge is 2.15. The molecule has 0 amide bonds. The maximum absolute atomic E-state index is 5.75. The SMILES string of the molecule is Cc1cnc(Cc2ccc([C@@H]3CNCCO3)cc2)cn1. The third-order valence-corrected chi connectivity index (χ3v) is 3.50. The molecule has 3 rings (SSSR count). The monoisotopic (exact) mass is 269 g/mol. The van der Waals surface area contributed by atoms with Crippen molar-refractivity contribution in [3.63, 3.8) is 0 Å². The third-order valence-electron chi connectivity index (χ3n) is 3.50. The van der Waals surface area contributed by atoms with Gasteiger partial charge in [0, 0.05) is 31.9 Å². The number of ether oxygens (including phenoxy) is 1. The number of aryl methyl sites for hydroxylation is 1. The Morgan fingerprint density at radius 3 is 2.70 bits per heavy atom. The summed E-state index contributed by atoms with van der Waals surface area (Å²) in [7, 11) is 0. The molecule has 0 saturated carbocycles. The Labute approximate surface area is 119 Å². The van der Waals surface area contributed by atoms with Crippen LogP contribution in [0.15, 0.2) is 36.7 Å². The molecule has 0 aliphatic carbocycles. The number of nitrogens with zero attached hydrogens (tertiary/aromatic N) is 2. The van der Waals surface area contributed by atoms with E-state index in [2.05, 4.69) is 39.6 Å². The average Bonchev–Trinajstić information content (AvgIpc) is 2.51. The molecule has 0 radical (unpaired) electrons. The van der Waals surface area contributed by atoms with Crippen molar-refractivity contribution < 1.29 is 4.74 Å². The second kappa shape index (κ2) is 6.11. The van der Waals surface area contributed by atoms with Crippen molar-refractivity contribution in [2.45, 2.75) is 19.4 Å². The largest absolute Gasteiger partial charge is 0.371 e. The molecule has 0 unspecified atom stereocenters. The van der Waals surface area contributed by atoms with E-state index < -0.39 is 0 Å². The van der Waals surface area contributed by atoms with E-state index in [-0.39, 0.29) is 6.10 Å². The molecular formula is C16H19N3O. The van der Waals surface area contributed by atoms with Crippen molar-refractivity contribution in [1.82, 2.24) is 15.3 Å². The molecule has 0 bridgehead atoms.